The fourth-order valence-corrected chi connectivity index (χ4v) is 5.52. The first-order valence-electron chi connectivity index (χ1n) is 10.2. The average Bonchev–Trinajstić information content (AvgIpc) is 2.77. The maximum Gasteiger partial charge on any atom is 0.262 e. The van der Waals surface area contributed by atoms with E-state index in [0.717, 1.165) is 11.3 Å². The summed E-state index contributed by atoms with van der Waals surface area (Å²) in [5, 5.41) is 2.63. The molecular weight excluding hydrogens is 418 g/mol. The second-order valence-corrected chi connectivity index (χ2v) is 9.87. The quantitative estimate of drug-likeness (QED) is 0.783. The molecule has 0 radical (unpaired) electrons. The number of nitrogens with one attached hydrogen (secondary N) is 1. The van der Waals surface area contributed by atoms with Gasteiger partial charge in [-0.2, -0.15) is 4.31 Å². The molecule has 1 fully saturated rings. The molecule has 1 unspecified atom stereocenters. The van der Waals surface area contributed by atoms with Crippen LogP contribution in [0.15, 0.2) is 47.4 Å². The summed E-state index contributed by atoms with van der Waals surface area (Å²) in [5.41, 5.74) is 2.17. The SMILES string of the molecule is Cc1cccc(N(C)C(=O)C2CCCN(S(=O)(=O)c3ccc4c(c3)NC(=O)CO4)C2)c1. The van der Waals surface area contributed by atoms with Gasteiger partial charge in [-0.25, -0.2) is 8.42 Å². The molecule has 0 aliphatic carbocycles. The molecular formula is C22H25N3O5S. The highest BCUT2D eigenvalue weighted by Crippen LogP contribution is 2.33. The van der Waals surface area contributed by atoms with E-state index in [0.29, 0.717) is 30.8 Å². The molecule has 2 aliphatic heterocycles. The number of nitrogens with zero attached hydrogens (tertiary/aromatic N) is 2. The lowest BCUT2D eigenvalue weighted by molar-refractivity contribution is -0.123. The number of anilines is 2. The van der Waals surface area contributed by atoms with Gasteiger partial charge in [-0.15, -0.1) is 0 Å². The number of sulfonamides is 1. The van der Waals surface area contributed by atoms with Gasteiger partial charge in [0.1, 0.15) is 5.75 Å². The molecule has 2 aliphatic rings. The molecule has 0 aromatic heterocycles. The van der Waals surface area contributed by atoms with Gasteiger partial charge in [0.2, 0.25) is 15.9 Å². The molecule has 0 bridgehead atoms. The second kappa shape index (κ2) is 8.32. The van der Waals surface area contributed by atoms with Gasteiger partial charge in [0.05, 0.1) is 16.5 Å². The van der Waals surface area contributed by atoms with Crippen molar-refractivity contribution in [2.24, 2.45) is 5.92 Å². The first-order chi connectivity index (χ1) is 14.8. The van der Waals surface area contributed by atoms with Crippen molar-refractivity contribution >= 4 is 33.2 Å². The molecule has 4 rings (SSSR count). The van der Waals surface area contributed by atoms with E-state index in [1.54, 1.807) is 18.0 Å². The number of hydrogen-bond acceptors (Lipinski definition) is 5. The van der Waals surface area contributed by atoms with Crippen LogP contribution >= 0.6 is 0 Å². The number of ether oxygens (including phenoxy) is 1. The molecule has 164 valence electrons. The normalized spacial score (nSPS) is 19.2. The van der Waals surface area contributed by atoms with Crippen LogP contribution < -0.4 is 15.0 Å². The minimum atomic E-state index is -3.82. The van der Waals surface area contributed by atoms with Gasteiger partial charge in [0.15, 0.2) is 6.61 Å². The lowest BCUT2D eigenvalue weighted by atomic mass is 9.98. The van der Waals surface area contributed by atoms with Crippen molar-refractivity contribution in [2.75, 3.05) is 37.0 Å². The van der Waals surface area contributed by atoms with E-state index in [4.69, 9.17) is 4.74 Å². The highest BCUT2D eigenvalue weighted by atomic mass is 32.2. The van der Waals surface area contributed by atoms with Gasteiger partial charge < -0.3 is 15.0 Å². The Morgan fingerprint density at radius 3 is 2.81 bits per heavy atom. The maximum absolute atomic E-state index is 13.3. The molecule has 31 heavy (non-hydrogen) atoms. The summed E-state index contributed by atoms with van der Waals surface area (Å²) in [7, 11) is -2.10. The summed E-state index contributed by atoms with van der Waals surface area (Å²) in [6.07, 6.45) is 1.23. The third kappa shape index (κ3) is 4.28. The topological polar surface area (TPSA) is 96.0 Å². The molecule has 2 aromatic carbocycles. The molecule has 2 heterocycles. The van der Waals surface area contributed by atoms with E-state index in [2.05, 4.69) is 5.32 Å². The first-order valence-corrected chi connectivity index (χ1v) is 11.6. The Morgan fingerprint density at radius 2 is 2.03 bits per heavy atom. The van der Waals surface area contributed by atoms with E-state index in [1.165, 1.54) is 16.4 Å². The smallest absolute Gasteiger partial charge is 0.262 e. The van der Waals surface area contributed by atoms with Crippen molar-refractivity contribution in [3.05, 3.63) is 48.0 Å². The van der Waals surface area contributed by atoms with Crippen LogP contribution in [0.4, 0.5) is 11.4 Å². The largest absolute Gasteiger partial charge is 0.482 e. The summed E-state index contributed by atoms with van der Waals surface area (Å²) in [6, 6.07) is 12.1. The van der Waals surface area contributed by atoms with Crippen molar-refractivity contribution in [1.29, 1.82) is 0 Å². The number of aryl methyl sites for hydroxylation is 1. The number of amides is 2. The minimum absolute atomic E-state index is 0.0668. The summed E-state index contributed by atoms with van der Waals surface area (Å²) in [4.78, 5) is 26.3. The van der Waals surface area contributed by atoms with Gasteiger partial charge in [0, 0.05) is 25.8 Å². The molecule has 1 saturated heterocycles. The van der Waals surface area contributed by atoms with Crippen LogP contribution in [0.3, 0.4) is 0 Å². The van der Waals surface area contributed by atoms with Crippen molar-refractivity contribution in [1.82, 2.24) is 4.31 Å². The third-order valence-electron chi connectivity index (χ3n) is 5.67. The Bertz CT molecular complexity index is 1130. The summed E-state index contributed by atoms with van der Waals surface area (Å²) in [6.45, 7) is 2.34. The van der Waals surface area contributed by atoms with Gasteiger partial charge in [-0.3, -0.25) is 9.59 Å². The summed E-state index contributed by atoms with van der Waals surface area (Å²) >= 11 is 0. The lowest BCUT2D eigenvalue weighted by Gasteiger charge is -2.33. The Labute approximate surface area is 181 Å². The van der Waals surface area contributed by atoms with Gasteiger partial charge in [0.25, 0.3) is 5.91 Å². The van der Waals surface area contributed by atoms with Crippen molar-refractivity contribution in [3.63, 3.8) is 0 Å². The number of carbonyl (C=O) groups excluding carboxylic acids is 2. The number of benzene rings is 2. The highest BCUT2D eigenvalue weighted by molar-refractivity contribution is 7.89. The number of hydrogen-bond donors (Lipinski definition) is 1. The molecule has 9 heteroatoms. The Balaban J connectivity index is 1.53. The van der Waals surface area contributed by atoms with Crippen LogP contribution in [-0.4, -0.2) is 51.3 Å². The minimum Gasteiger partial charge on any atom is -0.482 e. The molecule has 1 N–H and O–H groups in total. The van der Waals surface area contributed by atoms with Gasteiger partial charge in [-0.05, 0) is 55.7 Å². The number of carbonyl (C=O) groups is 2. The molecule has 2 aromatic rings. The van der Waals surface area contributed by atoms with Gasteiger partial charge in [-0.1, -0.05) is 12.1 Å². The van der Waals surface area contributed by atoms with Crippen molar-refractivity contribution in [3.8, 4) is 5.75 Å². The lowest BCUT2D eigenvalue weighted by Crippen LogP contribution is -2.46. The fourth-order valence-electron chi connectivity index (χ4n) is 3.97. The van der Waals surface area contributed by atoms with Crippen LogP contribution in [0, 0.1) is 12.8 Å². The Morgan fingerprint density at radius 1 is 1.23 bits per heavy atom. The zero-order valence-corrected chi connectivity index (χ0v) is 18.3. The maximum atomic E-state index is 13.3. The predicted octanol–water partition coefficient (Wildman–Crippen LogP) is 2.39. The number of fused-ring (bicyclic) bond motifs is 1. The summed E-state index contributed by atoms with van der Waals surface area (Å²) < 4.78 is 33.2. The Kier molecular flexibility index (Phi) is 5.72. The molecule has 0 saturated carbocycles. The highest BCUT2D eigenvalue weighted by Gasteiger charge is 2.35. The predicted molar refractivity (Wildman–Crippen MR) is 117 cm³/mol. The standard InChI is InChI=1S/C22H25N3O5S/c1-15-5-3-7-17(11-15)24(2)22(27)16-6-4-10-25(13-16)31(28,29)18-8-9-20-19(12-18)23-21(26)14-30-20/h3,5,7-9,11-12,16H,4,6,10,13-14H2,1-2H3,(H,23,26). The fraction of sp³-hybridized carbons (Fsp3) is 0.364. The third-order valence-corrected chi connectivity index (χ3v) is 7.54. The number of piperidine rings is 1. The van der Waals surface area contributed by atoms with Crippen LogP contribution in [0.5, 0.6) is 5.75 Å². The van der Waals surface area contributed by atoms with E-state index in [1.807, 2.05) is 31.2 Å². The molecule has 2 amide bonds. The molecule has 0 spiro atoms. The summed E-state index contributed by atoms with van der Waals surface area (Å²) in [5.74, 6) is -0.416. The van der Waals surface area contributed by atoms with E-state index < -0.39 is 15.9 Å². The average molecular weight is 444 g/mol. The molecule has 1 atom stereocenters. The van der Waals surface area contributed by atoms with Crippen molar-refractivity contribution in [2.45, 2.75) is 24.7 Å². The van der Waals surface area contributed by atoms with E-state index in [-0.39, 0.29) is 29.9 Å². The zero-order valence-electron chi connectivity index (χ0n) is 17.5. The molecule has 8 nitrogen and oxygen atoms in total. The van der Waals surface area contributed by atoms with Crippen LogP contribution in [0.1, 0.15) is 18.4 Å². The first kappa shape index (κ1) is 21.3. The van der Waals surface area contributed by atoms with E-state index in [9.17, 15) is 18.0 Å². The van der Waals surface area contributed by atoms with Crippen LogP contribution in [0.2, 0.25) is 0 Å². The Hall–Kier alpha value is -2.91. The van der Waals surface area contributed by atoms with E-state index >= 15 is 0 Å². The second-order valence-electron chi connectivity index (χ2n) is 7.93. The van der Waals surface area contributed by atoms with Gasteiger partial charge >= 0.3 is 0 Å². The van der Waals surface area contributed by atoms with Crippen molar-refractivity contribution < 1.29 is 22.7 Å². The number of rotatable bonds is 4. The monoisotopic (exact) mass is 443 g/mol. The van der Waals surface area contributed by atoms with Crippen LogP contribution in [0.25, 0.3) is 0 Å². The zero-order chi connectivity index (χ0) is 22.2. The van der Waals surface area contributed by atoms with Crippen LogP contribution in [-0.2, 0) is 19.6 Å².